The molecule has 0 N–H and O–H groups in total. The first-order valence-corrected chi connectivity index (χ1v) is 7.66. The molecule has 3 rings (SSSR count). The molecule has 2 aromatic heterocycles. The van der Waals surface area contributed by atoms with Gasteiger partial charge in [0.1, 0.15) is 11.5 Å². The summed E-state index contributed by atoms with van der Waals surface area (Å²) < 4.78 is 58.8. The molecule has 0 aliphatic heterocycles. The number of esters is 1. The minimum absolute atomic E-state index is 0.0779. The Morgan fingerprint density at radius 2 is 1.92 bits per heavy atom. The van der Waals surface area contributed by atoms with Gasteiger partial charge in [0.15, 0.2) is 11.3 Å². The molecular formula is C17H13F4N3O2. The Labute approximate surface area is 145 Å². The number of nitrogens with zero attached hydrogens (tertiary/aromatic N) is 3. The van der Waals surface area contributed by atoms with Crippen molar-refractivity contribution in [3.63, 3.8) is 0 Å². The van der Waals surface area contributed by atoms with Crippen molar-refractivity contribution in [3.8, 4) is 0 Å². The topological polar surface area (TPSA) is 57.0 Å². The molecule has 9 heteroatoms. The molecule has 0 bridgehead atoms. The molecular weight excluding hydrogens is 354 g/mol. The summed E-state index contributed by atoms with van der Waals surface area (Å²) in [5, 5.41) is 4.12. The molecule has 5 nitrogen and oxygen atoms in total. The molecule has 0 atom stereocenters. The van der Waals surface area contributed by atoms with Crippen LogP contribution in [0.4, 0.5) is 17.6 Å². The molecule has 1 aromatic carbocycles. The van der Waals surface area contributed by atoms with Gasteiger partial charge in [0.05, 0.1) is 18.5 Å². The molecule has 0 fully saturated rings. The van der Waals surface area contributed by atoms with Crippen molar-refractivity contribution >= 4 is 17.0 Å². The maximum Gasteiger partial charge on any atom is 0.433 e. The maximum atomic E-state index is 13.9. The van der Waals surface area contributed by atoms with Gasteiger partial charge in [0.25, 0.3) is 0 Å². The summed E-state index contributed by atoms with van der Waals surface area (Å²) in [5.41, 5.74) is -1.27. The number of rotatable bonds is 4. The van der Waals surface area contributed by atoms with Gasteiger partial charge >= 0.3 is 12.1 Å². The van der Waals surface area contributed by atoms with Crippen molar-refractivity contribution < 1.29 is 27.1 Å². The summed E-state index contributed by atoms with van der Waals surface area (Å²) in [5.74, 6) is -1.33. The van der Waals surface area contributed by atoms with Gasteiger partial charge in [-0.25, -0.2) is 18.9 Å². The van der Waals surface area contributed by atoms with Crippen LogP contribution in [0.2, 0.25) is 0 Å². The van der Waals surface area contributed by atoms with Crippen LogP contribution in [0.25, 0.3) is 11.0 Å². The minimum atomic E-state index is -4.66. The Morgan fingerprint density at radius 1 is 1.19 bits per heavy atom. The molecule has 0 unspecified atom stereocenters. The van der Waals surface area contributed by atoms with Crippen LogP contribution < -0.4 is 0 Å². The number of benzene rings is 1. The lowest BCUT2D eigenvalue weighted by atomic mass is 10.2. The van der Waals surface area contributed by atoms with E-state index in [1.807, 2.05) is 0 Å². The summed E-state index contributed by atoms with van der Waals surface area (Å²) in [6, 6.07) is 7.65. The normalized spacial score (nSPS) is 11.7. The average Bonchev–Trinajstić information content (AvgIpc) is 2.94. The number of hydrogen-bond donors (Lipinski definition) is 0. The average molecular weight is 367 g/mol. The highest BCUT2D eigenvalue weighted by Crippen LogP contribution is 2.30. The van der Waals surface area contributed by atoms with E-state index in [1.165, 1.54) is 18.2 Å². The van der Waals surface area contributed by atoms with Gasteiger partial charge in [-0.2, -0.15) is 18.3 Å². The Morgan fingerprint density at radius 3 is 2.58 bits per heavy atom. The summed E-state index contributed by atoms with van der Waals surface area (Å²) in [6.07, 6.45) is -4.66. The van der Waals surface area contributed by atoms with Crippen LogP contribution in [0.3, 0.4) is 0 Å². The van der Waals surface area contributed by atoms with Crippen LogP contribution in [0.5, 0.6) is 0 Å². The molecule has 0 saturated carbocycles. The number of carbonyl (C=O) groups excluding carboxylic acids is 1. The summed E-state index contributed by atoms with van der Waals surface area (Å²) in [7, 11) is 0. The zero-order valence-electron chi connectivity index (χ0n) is 13.5. The van der Waals surface area contributed by atoms with Crippen LogP contribution in [-0.2, 0) is 17.5 Å². The van der Waals surface area contributed by atoms with Crippen molar-refractivity contribution in [1.82, 2.24) is 14.8 Å². The van der Waals surface area contributed by atoms with Crippen molar-refractivity contribution in [1.29, 1.82) is 0 Å². The standard InChI is InChI=1S/C17H13F4N3O2/c1-2-26-16(25)14-11-7-8-13(17(19,20)21)22-15(11)24(23-14)9-10-5-3-4-6-12(10)18/h3-8H,2,9H2,1H3. The van der Waals surface area contributed by atoms with Crippen molar-refractivity contribution in [2.45, 2.75) is 19.6 Å². The first-order valence-electron chi connectivity index (χ1n) is 7.66. The minimum Gasteiger partial charge on any atom is -0.461 e. The number of carbonyl (C=O) groups is 1. The van der Waals surface area contributed by atoms with Gasteiger partial charge in [-0.3, -0.25) is 0 Å². The van der Waals surface area contributed by atoms with Gasteiger partial charge < -0.3 is 4.74 Å². The zero-order chi connectivity index (χ0) is 18.9. The van der Waals surface area contributed by atoms with Gasteiger partial charge in [-0.1, -0.05) is 18.2 Å². The third-order valence-electron chi connectivity index (χ3n) is 3.63. The van der Waals surface area contributed by atoms with Gasteiger partial charge in [0, 0.05) is 5.56 Å². The maximum absolute atomic E-state index is 13.9. The van der Waals surface area contributed by atoms with E-state index >= 15 is 0 Å². The van der Waals surface area contributed by atoms with Crippen LogP contribution in [0.1, 0.15) is 28.7 Å². The molecule has 2 heterocycles. The van der Waals surface area contributed by atoms with E-state index in [0.29, 0.717) is 0 Å². The third-order valence-corrected chi connectivity index (χ3v) is 3.63. The highest BCUT2D eigenvalue weighted by molar-refractivity contribution is 6.01. The number of alkyl halides is 3. The number of pyridine rings is 1. The van der Waals surface area contributed by atoms with E-state index in [1.54, 1.807) is 13.0 Å². The number of fused-ring (bicyclic) bond motifs is 1. The Kier molecular flexibility index (Phi) is 4.62. The largest absolute Gasteiger partial charge is 0.461 e. The monoisotopic (exact) mass is 367 g/mol. The molecule has 0 saturated heterocycles. The number of aromatic nitrogens is 3. The smallest absolute Gasteiger partial charge is 0.433 e. The second kappa shape index (κ2) is 6.74. The lowest BCUT2D eigenvalue weighted by Gasteiger charge is -2.07. The molecule has 0 aliphatic rings. The Hall–Kier alpha value is -2.97. The van der Waals surface area contributed by atoms with E-state index in [0.717, 1.165) is 16.8 Å². The molecule has 0 aliphatic carbocycles. The highest BCUT2D eigenvalue weighted by atomic mass is 19.4. The fourth-order valence-corrected chi connectivity index (χ4v) is 2.46. The van der Waals surface area contributed by atoms with Crippen molar-refractivity contribution in [3.05, 3.63) is 59.2 Å². The van der Waals surface area contributed by atoms with Gasteiger partial charge in [-0.05, 0) is 25.1 Å². The fourth-order valence-electron chi connectivity index (χ4n) is 2.46. The first-order chi connectivity index (χ1) is 12.3. The van der Waals surface area contributed by atoms with Crippen molar-refractivity contribution in [2.24, 2.45) is 0 Å². The first kappa shape index (κ1) is 17.8. The SMILES string of the molecule is CCOC(=O)c1nn(Cc2ccccc2F)c2nc(C(F)(F)F)ccc12. The predicted molar refractivity (Wildman–Crippen MR) is 84.0 cm³/mol. The molecule has 3 aromatic rings. The second-order valence-electron chi connectivity index (χ2n) is 5.38. The Bertz CT molecular complexity index is 966. The zero-order valence-corrected chi connectivity index (χ0v) is 13.5. The van der Waals surface area contributed by atoms with Crippen LogP contribution >= 0.6 is 0 Å². The van der Waals surface area contributed by atoms with Gasteiger partial charge in [0.2, 0.25) is 0 Å². The summed E-state index contributed by atoms with van der Waals surface area (Å²) in [6.45, 7) is 1.49. The number of hydrogen-bond acceptors (Lipinski definition) is 4. The van der Waals surface area contributed by atoms with E-state index in [-0.39, 0.29) is 35.4 Å². The third kappa shape index (κ3) is 3.37. The van der Waals surface area contributed by atoms with E-state index < -0.39 is 23.7 Å². The summed E-state index contributed by atoms with van der Waals surface area (Å²) >= 11 is 0. The van der Waals surface area contributed by atoms with Crippen molar-refractivity contribution in [2.75, 3.05) is 6.61 Å². The second-order valence-corrected chi connectivity index (χ2v) is 5.38. The number of ether oxygens (including phenoxy) is 1. The Balaban J connectivity index is 2.16. The lowest BCUT2D eigenvalue weighted by Crippen LogP contribution is -2.10. The highest BCUT2D eigenvalue weighted by Gasteiger charge is 2.33. The summed E-state index contributed by atoms with van der Waals surface area (Å²) in [4.78, 5) is 15.6. The molecule has 136 valence electrons. The number of halogens is 4. The molecule has 0 radical (unpaired) electrons. The lowest BCUT2D eigenvalue weighted by molar-refractivity contribution is -0.141. The van der Waals surface area contributed by atoms with Gasteiger partial charge in [-0.15, -0.1) is 0 Å². The van der Waals surface area contributed by atoms with E-state index in [4.69, 9.17) is 4.74 Å². The molecule has 26 heavy (non-hydrogen) atoms. The van der Waals surface area contributed by atoms with Crippen LogP contribution in [0, 0.1) is 5.82 Å². The van der Waals surface area contributed by atoms with Crippen LogP contribution in [0.15, 0.2) is 36.4 Å². The van der Waals surface area contributed by atoms with E-state index in [2.05, 4.69) is 10.1 Å². The van der Waals surface area contributed by atoms with E-state index in [9.17, 15) is 22.4 Å². The quantitative estimate of drug-likeness (QED) is 0.520. The van der Waals surface area contributed by atoms with Crippen LogP contribution in [-0.4, -0.2) is 27.3 Å². The molecule has 0 amide bonds. The molecule has 0 spiro atoms. The fraction of sp³-hybridized carbons (Fsp3) is 0.235. The predicted octanol–water partition coefficient (Wildman–Crippen LogP) is 3.81.